The number of hydrogen-bond acceptors (Lipinski definition) is 6. The van der Waals surface area contributed by atoms with Crippen molar-refractivity contribution in [3.63, 3.8) is 0 Å². The fraction of sp³-hybridized carbons (Fsp3) is 0.647. The van der Waals surface area contributed by atoms with Gasteiger partial charge >= 0.3 is 11.9 Å². The largest absolute Gasteiger partial charge is 0.458 e. The summed E-state index contributed by atoms with van der Waals surface area (Å²) in [7, 11) is 0. The molecule has 6 nitrogen and oxygen atoms in total. The predicted molar refractivity (Wildman–Crippen MR) is 82.3 cm³/mol. The zero-order valence-electron chi connectivity index (χ0n) is 13.5. The van der Waals surface area contributed by atoms with Crippen molar-refractivity contribution in [2.45, 2.75) is 51.4 Å². The molecule has 0 aromatic carbocycles. The van der Waals surface area contributed by atoms with Crippen LogP contribution < -0.4 is 0 Å². The van der Waals surface area contributed by atoms with Gasteiger partial charge in [-0.05, 0) is 30.1 Å². The zero-order valence-corrected chi connectivity index (χ0v) is 13.5. The van der Waals surface area contributed by atoms with Crippen molar-refractivity contribution in [3.05, 3.63) is 23.8 Å². The van der Waals surface area contributed by atoms with Crippen molar-refractivity contribution < 1.29 is 29.3 Å². The highest BCUT2D eigenvalue weighted by atomic mass is 16.6. The van der Waals surface area contributed by atoms with Crippen LogP contribution in [-0.2, 0) is 19.1 Å². The zero-order chi connectivity index (χ0) is 17.1. The van der Waals surface area contributed by atoms with E-state index in [1.165, 1.54) is 6.92 Å². The molecule has 2 aliphatic rings. The summed E-state index contributed by atoms with van der Waals surface area (Å²) in [5.74, 6) is -1.09. The molecule has 0 aromatic rings. The third kappa shape index (κ3) is 4.00. The Balaban J connectivity index is 2.37. The quantitative estimate of drug-likeness (QED) is 0.584. The SMILES string of the molecule is C=C1CC[C@@H]2[C@H](/C=C(/CO)[C@@H](OC(C)=O)C[C@H]1O)OC(=O)[C@@H]2C. The normalized spacial score (nSPS) is 37.4. The Morgan fingerprint density at radius 1 is 1.52 bits per heavy atom. The number of fused-ring (bicyclic) bond motifs is 1. The monoisotopic (exact) mass is 324 g/mol. The number of ether oxygens (including phenoxy) is 2. The van der Waals surface area contributed by atoms with Crippen LogP contribution in [0.2, 0.25) is 0 Å². The van der Waals surface area contributed by atoms with Gasteiger partial charge < -0.3 is 19.7 Å². The predicted octanol–water partition coefficient (Wildman–Crippen LogP) is 1.12. The van der Waals surface area contributed by atoms with Gasteiger partial charge in [-0.3, -0.25) is 9.59 Å². The lowest BCUT2D eigenvalue weighted by molar-refractivity contribution is -0.146. The van der Waals surface area contributed by atoms with Crippen LogP contribution in [0.1, 0.15) is 33.1 Å². The second kappa shape index (κ2) is 7.27. The van der Waals surface area contributed by atoms with Crippen LogP contribution in [0.15, 0.2) is 23.8 Å². The van der Waals surface area contributed by atoms with Crippen LogP contribution >= 0.6 is 0 Å². The molecule has 1 aliphatic heterocycles. The van der Waals surface area contributed by atoms with Gasteiger partial charge in [0, 0.05) is 19.3 Å². The Morgan fingerprint density at radius 2 is 2.22 bits per heavy atom. The van der Waals surface area contributed by atoms with Crippen molar-refractivity contribution in [1.82, 2.24) is 0 Å². The lowest BCUT2D eigenvalue weighted by atomic mass is 9.83. The maximum Gasteiger partial charge on any atom is 0.309 e. The molecular weight excluding hydrogens is 300 g/mol. The van der Waals surface area contributed by atoms with Crippen LogP contribution in [0.5, 0.6) is 0 Å². The Morgan fingerprint density at radius 3 is 2.83 bits per heavy atom. The van der Waals surface area contributed by atoms with Gasteiger partial charge in [0.1, 0.15) is 12.2 Å². The molecular formula is C17H24O6. The van der Waals surface area contributed by atoms with Gasteiger partial charge in [-0.1, -0.05) is 13.5 Å². The lowest BCUT2D eigenvalue weighted by Crippen LogP contribution is -2.30. The first-order chi connectivity index (χ1) is 10.8. The summed E-state index contributed by atoms with van der Waals surface area (Å²) in [6.07, 6.45) is 0.975. The molecule has 128 valence electrons. The first kappa shape index (κ1) is 17.7. The van der Waals surface area contributed by atoms with Crippen molar-refractivity contribution in [2.24, 2.45) is 11.8 Å². The molecule has 0 bridgehead atoms. The van der Waals surface area contributed by atoms with E-state index in [9.17, 15) is 19.8 Å². The third-order valence-electron chi connectivity index (χ3n) is 4.68. The fourth-order valence-corrected chi connectivity index (χ4v) is 3.20. The summed E-state index contributed by atoms with van der Waals surface area (Å²) in [6, 6.07) is 0. The number of carbonyl (C=O) groups excluding carboxylic acids is 2. The number of aliphatic hydroxyl groups is 2. The van der Waals surface area contributed by atoms with Crippen molar-refractivity contribution in [3.8, 4) is 0 Å². The van der Waals surface area contributed by atoms with Gasteiger partial charge in [0.2, 0.25) is 0 Å². The maximum atomic E-state index is 11.9. The minimum Gasteiger partial charge on any atom is -0.458 e. The van der Waals surface area contributed by atoms with Crippen molar-refractivity contribution in [1.29, 1.82) is 0 Å². The van der Waals surface area contributed by atoms with Crippen LogP contribution in [-0.4, -0.2) is 47.1 Å². The topological polar surface area (TPSA) is 93.1 Å². The van der Waals surface area contributed by atoms with Crippen LogP contribution in [0.4, 0.5) is 0 Å². The van der Waals surface area contributed by atoms with E-state index < -0.39 is 24.3 Å². The second-order valence-electron chi connectivity index (χ2n) is 6.30. The van der Waals surface area contributed by atoms with E-state index in [0.29, 0.717) is 24.0 Å². The van der Waals surface area contributed by atoms with E-state index in [-0.39, 0.29) is 30.8 Å². The summed E-state index contributed by atoms with van der Waals surface area (Å²) in [6.45, 7) is 6.64. The Kier molecular flexibility index (Phi) is 5.59. The van der Waals surface area contributed by atoms with E-state index in [2.05, 4.69) is 6.58 Å². The summed E-state index contributed by atoms with van der Waals surface area (Å²) >= 11 is 0. The summed E-state index contributed by atoms with van der Waals surface area (Å²) in [5.41, 5.74) is 1.07. The Hall–Kier alpha value is -1.66. The van der Waals surface area contributed by atoms with Crippen molar-refractivity contribution in [2.75, 3.05) is 6.61 Å². The Bertz CT molecular complexity index is 523. The first-order valence-corrected chi connectivity index (χ1v) is 7.88. The standard InChI is InChI=1S/C17H24O6/c1-9-4-5-13-10(2)17(21)23-16(13)6-12(8-18)15(7-14(9)20)22-11(3)19/h6,10,13-16,18,20H,1,4-5,7-8H2,2-3H3/b12-6-/t10-,13+,14-,15+,16+/m1/s1. The third-order valence-corrected chi connectivity index (χ3v) is 4.68. The van der Waals surface area contributed by atoms with E-state index in [0.717, 1.165) is 0 Å². The molecule has 1 saturated heterocycles. The Labute approximate surface area is 135 Å². The molecule has 0 unspecified atom stereocenters. The number of aliphatic hydroxyl groups excluding tert-OH is 2. The highest BCUT2D eigenvalue weighted by Gasteiger charge is 2.41. The molecule has 0 saturated carbocycles. The molecule has 0 spiro atoms. The summed E-state index contributed by atoms with van der Waals surface area (Å²) in [5, 5.41) is 19.9. The van der Waals surface area contributed by atoms with Gasteiger partial charge in [0.05, 0.1) is 18.6 Å². The number of esters is 2. The fourth-order valence-electron chi connectivity index (χ4n) is 3.20. The smallest absolute Gasteiger partial charge is 0.309 e. The van der Waals surface area contributed by atoms with E-state index >= 15 is 0 Å². The molecule has 0 amide bonds. The van der Waals surface area contributed by atoms with Gasteiger partial charge in [0.15, 0.2) is 0 Å². The number of rotatable bonds is 2. The number of carbonyl (C=O) groups is 2. The molecule has 2 rings (SSSR count). The molecule has 1 fully saturated rings. The number of hydrogen-bond donors (Lipinski definition) is 2. The lowest BCUT2D eigenvalue weighted by Gasteiger charge is -2.27. The molecule has 6 heteroatoms. The van der Waals surface area contributed by atoms with Crippen LogP contribution in [0.25, 0.3) is 0 Å². The second-order valence-corrected chi connectivity index (χ2v) is 6.30. The van der Waals surface area contributed by atoms with E-state index in [1.807, 2.05) is 6.92 Å². The summed E-state index contributed by atoms with van der Waals surface area (Å²) in [4.78, 5) is 23.2. The van der Waals surface area contributed by atoms with Gasteiger partial charge in [0.25, 0.3) is 0 Å². The van der Waals surface area contributed by atoms with Gasteiger partial charge in [-0.15, -0.1) is 0 Å². The molecule has 1 heterocycles. The highest BCUT2D eigenvalue weighted by Crippen LogP contribution is 2.36. The van der Waals surface area contributed by atoms with Gasteiger partial charge in [-0.25, -0.2) is 0 Å². The molecule has 0 aromatic heterocycles. The van der Waals surface area contributed by atoms with Crippen molar-refractivity contribution >= 4 is 11.9 Å². The molecule has 5 atom stereocenters. The van der Waals surface area contributed by atoms with Crippen LogP contribution in [0.3, 0.4) is 0 Å². The molecule has 0 radical (unpaired) electrons. The average Bonchev–Trinajstić information content (AvgIpc) is 2.75. The first-order valence-electron chi connectivity index (χ1n) is 7.88. The summed E-state index contributed by atoms with van der Waals surface area (Å²) < 4.78 is 10.6. The minimum absolute atomic E-state index is 0.0518. The molecule has 23 heavy (non-hydrogen) atoms. The highest BCUT2D eigenvalue weighted by molar-refractivity contribution is 5.75. The minimum atomic E-state index is -0.834. The maximum absolute atomic E-state index is 11.9. The molecule has 1 aliphatic carbocycles. The van der Waals surface area contributed by atoms with E-state index in [1.54, 1.807) is 6.08 Å². The average molecular weight is 324 g/mol. The van der Waals surface area contributed by atoms with Crippen LogP contribution in [0, 0.1) is 11.8 Å². The van der Waals surface area contributed by atoms with Gasteiger partial charge in [-0.2, -0.15) is 0 Å². The van der Waals surface area contributed by atoms with E-state index in [4.69, 9.17) is 9.47 Å². The molecule has 2 N–H and O–H groups in total.